The molecule has 0 saturated heterocycles. The summed E-state index contributed by atoms with van der Waals surface area (Å²) in [6.45, 7) is 6.37. The van der Waals surface area contributed by atoms with E-state index >= 15 is 0 Å². The number of hydrogen-bond donors (Lipinski definition) is 1. The first-order valence-electron chi connectivity index (χ1n) is 3.93. The fourth-order valence-electron chi connectivity index (χ4n) is 0.582. The van der Waals surface area contributed by atoms with Gasteiger partial charge in [-0.3, -0.25) is 0 Å². The Hall–Kier alpha value is 0.310. The maximum Gasteiger partial charge on any atom is 0.0105 e. The molecule has 2 N–H and O–H groups in total. The van der Waals surface area contributed by atoms with Crippen LogP contribution in [-0.2, 0) is 0 Å². The summed E-state index contributed by atoms with van der Waals surface area (Å²) in [7, 11) is 0. The maximum absolute atomic E-state index is 5.80. The zero-order chi connectivity index (χ0) is 8.04. The molecule has 0 aliphatic rings. The fraction of sp³-hybridized carbons (Fsp3) is 1.00. The first-order chi connectivity index (χ1) is 4.56. The first-order valence-corrected chi connectivity index (χ1v) is 5.08. The minimum Gasteiger partial charge on any atom is -0.326 e. The van der Waals surface area contributed by atoms with Crippen molar-refractivity contribution in [1.29, 1.82) is 0 Å². The molecule has 0 amide bonds. The van der Waals surface area contributed by atoms with Crippen LogP contribution in [0.25, 0.3) is 0 Å². The Bertz CT molecular complexity index is 75.8. The van der Waals surface area contributed by atoms with Crippen LogP contribution in [0.1, 0.15) is 33.6 Å². The Morgan fingerprint density at radius 1 is 1.30 bits per heavy atom. The van der Waals surface area contributed by atoms with E-state index in [1.807, 2.05) is 11.8 Å². The zero-order valence-corrected chi connectivity index (χ0v) is 8.13. The average molecular weight is 161 g/mol. The van der Waals surface area contributed by atoms with E-state index < -0.39 is 0 Å². The highest BCUT2D eigenvalue weighted by atomic mass is 32.2. The summed E-state index contributed by atoms with van der Waals surface area (Å²) in [5, 5.41) is 0. The van der Waals surface area contributed by atoms with E-state index in [0.29, 0.717) is 0 Å². The summed E-state index contributed by atoms with van der Waals surface area (Å²) in [4.78, 5) is 0. The van der Waals surface area contributed by atoms with Crippen LogP contribution in [-0.4, -0.2) is 17.0 Å². The quantitative estimate of drug-likeness (QED) is 0.626. The summed E-state index contributed by atoms with van der Waals surface area (Å²) in [6, 6.07) is 0. The summed E-state index contributed by atoms with van der Waals surface area (Å²) in [5.41, 5.74) is 5.83. The van der Waals surface area contributed by atoms with Crippen LogP contribution in [0.5, 0.6) is 0 Å². The Morgan fingerprint density at radius 2 is 1.90 bits per heavy atom. The average Bonchev–Trinajstić information content (AvgIpc) is 1.78. The van der Waals surface area contributed by atoms with E-state index in [9.17, 15) is 0 Å². The molecular formula is C8H19NS. The predicted molar refractivity (Wildman–Crippen MR) is 50.5 cm³/mol. The van der Waals surface area contributed by atoms with E-state index in [-0.39, 0.29) is 5.54 Å². The minimum atomic E-state index is 0.0285. The second-order valence-electron chi connectivity index (χ2n) is 3.35. The number of thioether (sulfide) groups is 1. The minimum absolute atomic E-state index is 0.0285. The van der Waals surface area contributed by atoms with E-state index in [1.54, 1.807) is 0 Å². The van der Waals surface area contributed by atoms with Crippen molar-refractivity contribution in [3.05, 3.63) is 0 Å². The molecule has 0 aliphatic heterocycles. The third kappa shape index (κ3) is 8.31. The highest BCUT2D eigenvalue weighted by molar-refractivity contribution is 7.99. The van der Waals surface area contributed by atoms with Crippen molar-refractivity contribution in [2.75, 3.05) is 11.5 Å². The molecule has 0 fully saturated rings. The molecule has 0 aromatic carbocycles. The largest absolute Gasteiger partial charge is 0.326 e. The lowest BCUT2D eigenvalue weighted by atomic mass is 10.0. The molecule has 0 spiro atoms. The Morgan fingerprint density at radius 3 is 2.30 bits per heavy atom. The molecule has 0 bridgehead atoms. The fourth-order valence-corrected chi connectivity index (χ4v) is 1.74. The van der Waals surface area contributed by atoms with Crippen LogP contribution in [0.15, 0.2) is 0 Å². The van der Waals surface area contributed by atoms with Gasteiger partial charge in [0, 0.05) is 5.54 Å². The topological polar surface area (TPSA) is 26.0 Å². The normalized spacial score (nSPS) is 12.0. The molecule has 0 aromatic heterocycles. The van der Waals surface area contributed by atoms with Gasteiger partial charge in [-0.05, 0) is 38.2 Å². The van der Waals surface area contributed by atoms with Crippen LogP contribution in [0.3, 0.4) is 0 Å². The van der Waals surface area contributed by atoms with Crippen molar-refractivity contribution in [1.82, 2.24) is 0 Å². The van der Waals surface area contributed by atoms with Gasteiger partial charge >= 0.3 is 0 Å². The lowest BCUT2D eigenvalue weighted by Gasteiger charge is -2.17. The van der Waals surface area contributed by atoms with E-state index in [4.69, 9.17) is 5.73 Å². The first kappa shape index (κ1) is 10.3. The number of hydrogen-bond acceptors (Lipinski definition) is 2. The molecule has 0 aromatic rings. The Labute approximate surface area is 68.8 Å². The highest BCUT2D eigenvalue weighted by Gasteiger charge is 2.08. The second-order valence-corrected chi connectivity index (χ2v) is 4.58. The molecule has 10 heavy (non-hydrogen) atoms. The molecular weight excluding hydrogens is 142 g/mol. The van der Waals surface area contributed by atoms with Crippen LogP contribution >= 0.6 is 11.8 Å². The summed E-state index contributed by atoms with van der Waals surface area (Å²) >= 11 is 2.00. The second kappa shape index (κ2) is 5.03. The van der Waals surface area contributed by atoms with Crippen molar-refractivity contribution < 1.29 is 0 Å². The molecule has 0 unspecified atom stereocenters. The third-order valence-electron chi connectivity index (χ3n) is 1.24. The monoisotopic (exact) mass is 161 g/mol. The standard InChI is InChI=1S/C8H19NS/c1-4-6-10-7-5-8(2,3)9/h4-7,9H2,1-3H3. The zero-order valence-electron chi connectivity index (χ0n) is 7.31. The number of nitrogens with two attached hydrogens (primary N) is 1. The van der Waals surface area contributed by atoms with Crippen LogP contribution < -0.4 is 5.73 Å². The van der Waals surface area contributed by atoms with Crippen molar-refractivity contribution in [2.24, 2.45) is 5.73 Å². The predicted octanol–water partition coefficient (Wildman–Crippen LogP) is 2.26. The summed E-state index contributed by atoms with van der Waals surface area (Å²) < 4.78 is 0. The lowest BCUT2D eigenvalue weighted by molar-refractivity contribution is 0.506. The summed E-state index contributed by atoms with van der Waals surface area (Å²) in [6.07, 6.45) is 2.40. The van der Waals surface area contributed by atoms with Crippen molar-refractivity contribution >= 4 is 11.8 Å². The maximum atomic E-state index is 5.80. The SMILES string of the molecule is CCCSCCC(C)(C)N. The third-order valence-corrected chi connectivity index (χ3v) is 2.43. The van der Waals surface area contributed by atoms with Gasteiger partial charge < -0.3 is 5.73 Å². The molecule has 0 heterocycles. The van der Waals surface area contributed by atoms with Crippen LogP contribution in [0, 0.1) is 0 Å². The summed E-state index contributed by atoms with van der Waals surface area (Å²) in [5.74, 6) is 2.48. The van der Waals surface area contributed by atoms with Crippen molar-refractivity contribution in [3.63, 3.8) is 0 Å². The van der Waals surface area contributed by atoms with Gasteiger partial charge in [0.15, 0.2) is 0 Å². The molecule has 0 atom stereocenters. The van der Waals surface area contributed by atoms with Gasteiger partial charge in [0.2, 0.25) is 0 Å². The molecule has 0 saturated carbocycles. The van der Waals surface area contributed by atoms with Gasteiger partial charge in [-0.25, -0.2) is 0 Å². The smallest absolute Gasteiger partial charge is 0.0105 e. The molecule has 0 aliphatic carbocycles. The van der Waals surface area contributed by atoms with E-state index in [0.717, 1.165) is 6.42 Å². The molecule has 1 nitrogen and oxygen atoms in total. The molecule has 62 valence electrons. The Balaban J connectivity index is 3.04. The lowest BCUT2D eigenvalue weighted by Crippen LogP contribution is -2.32. The van der Waals surface area contributed by atoms with Crippen molar-refractivity contribution in [2.45, 2.75) is 39.2 Å². The van der Waals surface area contributed by atoms with Crippen LogP contribution in [0.2, 0.25) is 0 Å². The van der Waals surface area contributed by atoms with Gasteiger partial charge in [0.05, 0.1) is 0 Å². The Kier molecular flexibility index (Phi) is 5.18. The van der Waals surface area contributed by atoms with Gasteiger partial charge in [0.25, 0.3) is 0 Å². The van der Waals surface area contributed by atoms with Gasteiger partial charge in [-0.2, -0.15) is 11.8 Å². The molecule has 2 heteroatoms. The van der Waals surface area contributed by atoms with Crippen molar-refractivity contribution in [3.8, 4) is 0 Å². The van der Waals surface area contributed by atoms with Gasteiger partial charge in [0.1, 0.15) is 0 Å². The van der Waals surface area contributed by atoms with Gasteiger partial charge in [-0.15, -0.1) is 0 Å². The molecule has 0 rings (SSSR count). The molecule has 0 radical (unpaired) electrons. The highest BCUT2D eigenvalue weighted by Crippen LogP contribution is 2.10. The van der Waals surface area contributed by atoms with Crippen LogP contribution in [0.4, 0.5) is 0 Å². The number of rotatable bonds is 5. The van der Waals surface area contributed by atoms with Gasteiger partial charge in [-0.1, -0.05) is 6.92 Å². The van der Waals surface area contributed by atoms with E-state index in [1.165, 1.54) is 17.9 Å². The van der Waals surface area contributed by atoms with E-state index in [2.05, 4.69) is 20.8 Å².